The van der Waals surface area contributed by atoms with Crippen molar-refractivity contribution in [2.24, 2.45) is 0 Å². The standard InChI is InChI=1S/C21H27Cl3N10O16P4S2.4Na/c22-19-29-13(25)7-15(31-19)33(3-27-7)17-11(37)9(35)5(47-17)1-45-53(43,55)49-51(39,40)21(24)52(41,42)50-54(44,56)46-2-6-10(36)12(38)18(48-6)34-4-28-8-14(26)30-20(23)32-16(8)34;;;;/h3-6,9-12,17-18,21,35-38H,1-2H2,(H,39,40)(H,41,42)(H,43,55)(H,44,56)(H2,25,29,31)(H2,26,30,32);;;;/q;4*+1/p-4/t5-,6-,9-,10-,11-,12-,17-,18-,21?,53?,54?;;;;/m1..../s1. The van der Waals surface area contributed by atoms with Crippen molar-refractivity contribution in [3.05, 3.63) is 23.2 Å². The van der Waals surface area contributed by atoms with Crippen LogP contribution in [-0.4, -0.2) is 114 Å². The Hall–Kier alpha value is 2.74. The van der Waals surface area contributed by atoms with Crippen LogP contribution in [0, 0.1) is 0 Å². The molecule has 2 saturated heterocycles. The normalized spacial score (nSPS) is 28.5. The van der Waals surface area contributed by atoms with E-state index in [1.807, 2.05) is 0 Å². The Labute approximate surface area is 450 Å². The summed E-state index contributed by atoms with van der Waals surface area (Å²) in [5.74, 6) is -0.231. The number of alkyl halides is 1. The number of fused-ring (bicyclic) bond motifs is 2. The molecule has 13 atom stereocenters. The molecule has 0 aromatic carbocycles. The number of aliphatic hydroxyl groups is 4. The van der Waals surface area contributed by atoms with E-state index in [0.717, 1.165) is 21.8 Å². The third-order valence-corrected chi connectivity index (χ3v) is 18.5. The zero-order valence-corrected chi connectivity index (χ0v) is 46.4. The molecule has 39 heteroatoms. The maximum atomic E-state index is 12.8. The number of nitrogens with two attached hydrogens (primary N) is 2. The van der Waals surface area contributed by atoms with Crippen molar-refractivity contribution in [1.29, 1.82) is 0 Å². The second-order valence-electron chi connectivity index (χ2n) is 11.5. The molecule has 0 bridgehead atoms. The minimum absolute atomic E-state index is 0. The van der Waals surface area contributed by atoms with Crippen LogP contribution < -0.4 is 144 Å². The number of anilines is 2. The van der Waals surface area contributed by atoms with Gasteiger partial charge in [0.2, 0.25) is 17.4 Å². The summed E-state index contributed by atoms with van der Waals surface area (Å²) in [5.41, 5.74) is 11.6. The molecule has 26 nitrogen and oxygen atoms in total. The van der Waals surface area contributed by atoms with Gasteiger partial charge in [0.05, 0.1) is 25.9 Å². The molecule has 60 heavy (non-hydrogen) atoms. The molecular formula is C21H23Cl3N10Na4O16P4S2. The Bertz CT molecular complexity index is 2220. The van der Waals surface area contributed by atoms with Crippen LogP contribution in [0.15, 0.2) is 12.7 Å². The topological polar surface area (TPSA) is 396 Å². The summed E-state index contributed by atoms with van der Waals surface area (Å²) in [6.45, 7) is -12.6. The van der Waals surface area contributed by atoms with Gasteiger partial charge in [0.15, 0.2) is 55.4 Å². The van der Waals surface area contributed by atoms with Gasteiger partial charge in [-0.05, 0) is 23.2 Å². The van der Waals surface area contributed by atoms with Gasteiger partial charge in [0, 0.05) is 0 Å². The summed E-state index contributed by atoms with van der Waals surface area (Å²) in [5, 5.41) is 41.7. The van der Waals surface area contributed by atoms with E-state index in [1.54, 1.807) is 0 Å². The van der Waals surface area contributed by atoms with Crippen molar-refractivity contribution in [3.63, 3.8) is 0 Å². The van der Waals surface area contributed by atoms with E-state index < -0.39 is 95.9 Å². The third kappa shape index (κ3) is 13.1. The van der Waals surface area contributed by atoms with Crippen LogP contribution >= 0.6 is 63.5 Å². The summed E-state index contributed by atoms with van der Waals surface area (Å²) < 4.78 is 69.9. The molecule has 0 saturated carbocycles. The fourth-order valence-electron chi connectivity index (χ4n) is 5.29. The first kappa shape index (κ1) is 58.9. The van der Waals surface area contributed by atoms with E-state index in [1.165, 1.54) is 0 Å². The number of halogens is 3. The van der Waals surface area contributed by atoms with E-state index in [2.05, 4.69) is 62.6 Å². The second kappa shape index (κ2) is 22.9. The summed E-state index contributed by atoms with van der Waals surface area (Å²) in [7, 11) is -12.3. The minimum Gasteiger partial charge on any atom is -0.779 e. The van der Waals surface area contributed by atoms with Crippen molar-refractivity contribution in [2.75, 3.05) is 24.7 Å². The third-order valence-electron chi connectivity index (χ3n) is 7.81. The molecular weight excluding hydrogens is 1030 g/mol. The molecule has 0 spiro atoms. The van der Waals surface area contributed by atoms with Crippen molar-refractivity contribution < 1.29 is 194 Å². The summed E-state index contributed by atoms with van der Waals surface area (Å²) in [6.07, 6.45) is -10.8. The Balaban J connectivity index is 0.00000310. The van der Waals surface area contributed by atoms with Crippen LogP contribution in [0.5, 0.6) is 0 Å². The predicted octanol–water partition coefficient (Wildman–Crippen LogP) is -13.7. The molecule has 6 rings (SSSR count). The Morgan fingerprint density at radius 2 is 1.13 bits per heavy atom. The first-order valence-electron chi connectivity index (χ1n) is 14.8. The Morgan fingerprint density at radius 1 is 0.750 bits per heavy atom. The predicted molar refractivity (Wildman–Crippen MR) is 190 cm³/mol. The van der Waals surface area contributed by atoms with Gasteiger partial charge < -0.3 is 86.5 Å². The van der Waals surface area contributed by atoms with Crippen molar-refractivity contribution in [3.8, 4) is 0 Å². The quantitative estimate of drug-likeness (QED) is 0.0224. The molecule has 4 aromatic rings. The largest absolute Gasteiger partial charge is 1.00 e. The summed E-state index contributed by atoms with van der Waals surface area (Å²) in [6, 6.07) is 0. The SMILES string of the molecule is Nc1nc(Cl)nc2c1ncn2[C@@H]1O[C@H](COP(=O)([S-])OP(=O)([O-])C(Cl)P(=O)([O-])OP([O-])(=S)OC[C@H]2O[C@@H](n3cnc4c(N)nc(Cl)nc43)[C@H](O)[C@@H]2O)[C@@H](O)[C@H]1O.[Na+].[Na+].[Na+].[Na+]. The molecule has 6 heterocycles. The van der Waals surface area contributed by atoms with Crippen molar-refractivity contribution in [1.82, 2.24) is 39.0 Å². The fourth-order valence-corrected chi connectivity index (χ4v) is 14.3. The molecule has 2 aliphatic rings. The smallest absolute Gasteiger partial charge is 0.779 e. The number of ether oxygens (including phenoxy) is 2. The molecule has 5 unspecified atom stereocenters. The van der Waals surface area contributed by atoms with E-state index >= 15 is 0 Å². The molecule has 0 aliphatic carbocycles. The monoisotopic (exact) mass is 1060 g/mol. The van der Waals surface area contributed by atoms with Crippen LogP contribution in [0.25, 0.3) is 22.3 Å². The Morgan fingerprint density at radius 3 is 1.55 bits per heavy atom. The van der Waals surface area contributed by atoms with Gasteiger partial charge in [-0.15, -0.1) is 11.6 Å². The van der Waals surface area contributed by atoms with Crippen LogP contribution in [0.4, 0.5) is 11.6 Å². The maximum absolute atomic E-state index is 12.8. The number of nitrogens with zero attached hydrogens (tertiary/aromatic N) is 8. The molecule has 4 aromatic heterocycles. The van der Waals surface area contributed by atoms with Gasteiger partial charge in [-0.3, -0.25) is 22.3 Å². The number of aliphatic hydroxyl groups excluding tert-OH is 4. The maximum Gasteiger partial charge on any atom is 1.00 e. The zero-order valence-electron chi connectivity index (χ0n) is 30.9. The number of aromatic nitrogens is 8. The van der Waals surface area contributed by atoms with Crippen molar-refractivity contribution >= 4 is 122 Å². The van der Waals surface area contributed by atoms with Crippen LogP contribution in [-0.2, 0) is 64.9 Å². The molecule has 2 fully saturated rings. The first-order valence-corrected chi connectivity index (χ1v) is 24.4. The summed E-state index contributed by atoms with van der Waals surface area (Å²) >= 11 is 26.4. The molecule has 8 N–H and O–H groups in total. The minimum atomic E-state index is -6.15. The molecule has 0 amide bonds. The van der Waals surface area contributed by atoms with E-state index in [4.69, 9.17) is 64.8 Å². The van der Waals surface area contributed by atoms with Gasteiger partial charge in [-0.1, -0.05) is 11.8 Å². The average Bonchev–Trinajstić information content (AvgIpc) is 3.83. The average molecular weight is 1060 g/mol. The van der Waals surface area contributed by atoms with E-state index in [9.17, 15) is 48.8 Å². The number of hydrogen-bond donors (Lipinski definition) is 6. The van der Waals surface area contributed by atoms with E-state index in [-0.39, 0.29) is 163 Å². The van der Waals surface area contributed by atoms with Crippen LogP contribution in [0.1, 0.15) is 12.5 Å². The second-order valence-corrected chi connectivity index (χ2v) is 23.2. The summed E-state index contributed by atoms with van der Waals surface area (Å²) in [4.78, 5) is 58.4. The first-order chi connectivity index (χ1) is 25.9. The van der Waals surface area contributed by atoms with Crippen LogP contribution in [0.2, 0.25) is 10.6 Å². The van der Waals surface area contributed by atoms with Gasteiger partial charge in [0.1, 0.15) is 54.4 Å². The number of imidazole rings is 2. The number of nitrogen functional groups attached to an aromatic ring is 2. The number of rotatable bonds is 14. The Kier molecular flexibility index (Phi) is 22.5. The van der Waals surface area contributed by atoms with Crippen molar-refractivity contribution in [2.45, 2.75) is 53.9 Å². The molecule has 310 valence electrons. The molecule has 2 aliphatic heterocycles. The fraction of sp³-hybridized carbons (Fsp3) is 0.524. The van der Waals surface area contributed by atoms with Gasteiger partial charge in [-0.25, -0.2) is 9.97 Å². The molecule has 0 radical (unpaired) electrons. The van der Waals surface area contributed by atoms with Gasteiger partial charge in [-0.2, -0.15) is 19.9 Å². The van der Waals surface area contributed by atoms with E-state index in [0.29, 0.717) is 0 Å². The number of hydrogen-bond acceptors (Lipinski definition) is 26. The van der Waals surface area contributed by atoms with Gasteiger partial charge in [0.25, 0.3) is 0 Å². The van der Waals surface area contributed by atoms with Crippen LogP contribution in [0.3, 0.4) is 0 Å². The van der Waals surface area contributed by atoms with Gasteiger partial charge >= 0.3 is 118 Å². The zero-order chi connectivity index (χ0) is 41.3.